The lowest BCUT2D eigenvalue weighted by Crippen LogP contribution is -2.47. The van der Waals surface area contributed by atoms with Gasteiger partial charge < -0.3 is 14.5 Å². The van der Waals surface area contributed by atoms with Gasteiger partial charge in [-0.1, -0.05) is 12.1 Å². The fraction of sp³-hybridized carbons (Fsp3) is 0.550. The lowest BCUT2D eigenvalue weighted by atomic mass is 10.2. The molecule has 0 spiro atoms. The Bertz CT molecular complexity index is 666. The number of nitrogens with zero attached hydrogens (tertiary/aromatic N) is 2. The van der Waals surface area contributed by atoms with E-state index in [1.165, 1.54) is 16.7 Å². The SMILES string of the molecule is CC(C)N(C(=O)[C@@H](C)OC(=O)c1ccccc1SCC(=O)N(C)C)C(C)C. The van der Waals surface area contributed by atoms with E-state index in [4.69, 9.17) is 4.74 Å². The molecule has 1 atom stereocenters. The molecule has 1 rings (SSSR count). The van der Waals surface area contributed by atoms with Crippen LogP contribution in [0.2, 0.25) is 0 Å². The Labute approximate surface area is 166 Å². The van der Waals surface area contributed by atoms with E-state index in [0.717, 1.165) is 0 Å². The number of amides is 2. The summed E-state index contributed by atoms with van der Waals surface area (Å²) in [5.41, 5.74) is 0.356. The Kier molecular flexibility index (Phi) is 8.82. The molecular formula is C20H30N2O4S. The smallest absolute Gasteiger partial charge is 0.340 e. The summed E-state index contributed by atoms with van der Waals surface area (Å²) in [5.74, 6) is -0.610. The number of carbonyl (C=O) groups excluding carboxylic acids is 3. The largest absolute Gasteiger partial charge is 0.449 e. The van der Waals surface area contributed by atoms with E-state index >= 15 is 0 Å². The van der Waals surface area contributed by atoms with Gasteiger partial charge >= 0.3 is 5.97 Å². The molecule has 0 bridgehead atoms. The van der Waals surface area contributed by atoms with Crippen molar-refractivity contribution in [2.24, 2.45) is 0 Å². The molecule has 0 saturated heterocycles. The first kappa shape index (κ1) is 23.0. The third kappa shape index (κ3) is 6.57. The van der Waals surface area contributed by atoms with Crippen molar-refractivity contribution in [2.75, 3.05) is 19.8 Å². The monoisotopic (exact) mass is 394 g/mol. The molecule has 0 unspecified atom stereocenters. The standard InChI is InChI=1S/C20H30N2O4S/c1-13(2)22(14(3)4)19(24)15(5)26-20(25)16-10-8-9-11-17(16)27-12-18(23)21(6)7/h8-11,13-15H,12H2,1-7H3/t15-/m1/s1. The van der Waals surface area contributed by atoms with Crippen LogP contribution in [0, 0.1) is 0 Å². The fourth-order valence-electron chi connectivity index (χ4n) is 2.62. The molecule has 0 heterocycles. The van der Waals surface area contributed by atoms with Crippen molar-refractivity contribution in [3.63, 3.8) is 0 Å². The lowest BCUT2D eigenvalue weighted by Gasteiger charge is -2.32. The highest BCUT2D eigenvalue weighted by Gasteiger charge is 2.28. The van der Waals surface area contributed by atoms with E-state index in [1.54, 1.807) is 50.2 Å². The molecule has 0 aromatic heterocycles. The van der Waals surface area contributed by atoms with E-state index in [2.05, 4.69) is 0 Å². The van der Waals surface area contributed by atoms with Crippen LogP contribution in [-0.4, -0.2) is 65.6 Å². The van der Waals surface area contributed by atoms with Crippen LogP contribution in [-0.2, 0) is 14.3 Å². The molecule has 0 aliphatic carbocycles. The highest BCUT2D eigenvalue weighted by molar-refractivity contribution is 8.00. The quantitative estimate of drug-likeness (QED) is 0.501. The average Bonchev–Trinajstić information content (AvgIpc) is 2.58. The van der Waals surface area contributed by atoms with Crippen molar-refractivity contribution in [1.29, 1.82) is 0 Å². The van der Waals surface area contributed by atoms with E-state index in [9.17, 15) is 14.4 Å². The predicted octanol–water partition coefficient (Wildman–Crippen LogP) is 3.06. The second kappa shape index (κ2) is 10.3. The van der Waals surface area contributed by atoms with Gasteiger partial charge in [-0.25, -0.2) is 4.79 Å². The summed E-state index contributed by atoms with van der Waals surface area (Å²) < 4.78 is 5.44. The molecule has 1 aromatic rings. The highest BCUT2D eigenvalue weighted by Crippen LogP contribution is 2.24. The molecule has 0 saturated carbocycles. The minimum absolute atomic E-state index is 0.0125. The van der Waals surface area contributed by atoms with Gasteiger partial charge in [0, 0.05) is 31.1 Å². The number of thioether (sulfide) groups is 1. The molecule has 27 heavy (non-hydrogen) atoms. The Morgan fingerprint density at radius 1 is 1.00 bits per heavy atom. The first-order valence-electron chi connectivity index (χ1n) is 9.01. The van der Waals surface area contributed by atoms with Gasteiger partial charge in [-0.2, -0.15) is 0 Å². The number of ether oxygens (including phenoxy) is 1. The molecule has 0 aliphatic heterocycles. The van der Waals surface area contributed by atoms with Crippen molar-refractivity contribution in [1.82, 2.24) is 9.80 Å². The van der Waals surface area contributed by atoms with E-state index < -0.39 is 12.1 Å². The zero-order valence-corrected chi connectivity index (χ0v) is 18.0. The minimum atomic E-state index is -0.885. The first-order valence-corrected chi connectivity index (χ1v) is 9.99. The normalized spacial score (nSPS) is 12.0. The lowest BCUT2D eigenvalue weighted by molar-refractivity contribution is -0.143. The maximum atomic E-state index is 12.7. The van der Waals surface area contributed by atoms with Crippen LogP contribution < -0.4 is 0 Å². The molecule has 0 radical (unpaired) electrons. The topological polar surface area (TPSA) is 66.9 Å². The second-order valence-electron chi connectivity index (χ2n) is 7.05. The summed E-state index contributed by atoms with van der Waals surface area (Å²) >= 11 is 1.28. The van der Waals surface area contributed by atoms with Gasteiger partial charge in [-0.15, -0.1) is 11.8 Å². The molecule has 1 aromatic carbocycles. The van der Waals surface area contributed by atoms with Gasteiger partial charge in [0.1, 0.15) is 0 Å². The summed E-state index contributed by atoms with van der Waals surface area (Å²) in [7, 11) is 3.37. The summed E-state index contributed by atoms with van der Waals surface area (Å²) in [6.07, 6.45) is -0.885. The zero-order valence-electron chi connectivity index (χ0n) is 17.2. The fourth-order valence-corrected chi connectivity index (χ4v) is 3.64. The van der Waals surface area contributed by atoms with Crippen LogP contribution in [0.15, 0.2) is 29.2 Å². The summed E-state index contributed by atoms with van der Waals surface area (Å²) in [6.45, 7) is 9.31. The van der Waals surface area contributed by atoms with Gasteiger partial charge in [-0.05, 0) is 46.8 Å². The highest BCUT2D eigenvalue weighted by atomic mass is 32.2. The average molecular weight is 395 g/mol. The van der Waals surface area contributed by atoms with Crippen molar-refractivity contribution < 1.29 is 19.1 Å². The van der Waals surface area contributed by atoms with Crippen molar-refractivity contribution in [3.8, 4) is 0 Å². The van der Waals surface area contributed by atoms with Crippen LogP contribution in [0.25, 0.3) is 0 Å². The number of rotatable bonds is 8. The molecule has 0 N–H and O–H groups in total. The zero-order chi connectivity index (χ0) is 20.7. The summed E-state index contributed by atoms with van der Waals surface area (Å²) in [4.78, 5) is 40.9. The van der Waals surface area contributed by atoms with E-state index in [-0.39, 0.29) is 29.7 Å². The third-order valence-electron chi connectivity index (χ3n) is 3.96. The minimum Gasteiger partial charge on any atom is -0.449 e. The Morgan fingerprint density at radius 3 is 2.07 bits per heavy atom. The molecule has 0 aliphatic rings. The number of carbonyl (C=O) groups is 3. The van der Waals surface area contributed by atoms with E-state index in [0.29, 0.717) is 10.5 Å². The van der Waals surface area contributed by atoms with Gasteiger partial charge in [0.2, 0.25) is 5.91 Å². The molecule has 7 heteroatoms. The van der Waals surface area contributed by atoms with Gasteiger partial charge in [-0.3, -0.25) is 9.59 Å². The summed E-state index contributed by atoms with van der Waals surface area (Å²) in [6, 6.07) is 6.97. The van der Waals surface area contributed by atoms with Gasteiger partial charge in [0.15, 0.2) is 6.10 Å². The summed E-state index contributed by atoms with van der Waals surface area (Å²) in [5, 5.41) is 0. The number of benzene rings is 1. The second-order valence-corrected chi connectivity index (χ2v) is 8.07. The Hall–Kier alpha value is -2.02. The van der Waals surface area contributed by atoms with Crippen molar-refractivity contribution in [2.45, 2.75) is 57.7 Å². The van der Waals surface area contributed by atoms with Crippen LogP contribution in [0.4, 0.5) is 0 Å². The molecule has 2 amide bonds. The molecule has 150 valence electrons. The van der Waals surface area contributed by atoms with Crippen LogP contribution in [0.5, 0.6) is 0 Å². The van der Waals surface area contributed by atoms with Crippen molar-refractivity contribution >= 4 is 29.5 Å². The van der Waals surface area contributed by atoms with Gasteiger partial charge in [0.05, 0.1) is 11.3 Å². The first-order chi connectivity index (χ1) is 12.6. The van der Waals surface area contributed by atoms with Crippen molar-refractivity contribution in [3.05, 3.63) is 29.8 Å². The number of hydrogen-bond donors (Lipinski definition) is 0. The maximum Gasteiger partial charge on any atom is 0.340 e. The van der Waals surface area contributed by atoms with E-state index in [1.807, 2.05) is 27.7 Å². The third-order valence-corrected chi connectivity index (χ3v) is 5.01. The number of hydrogen-bond acceptors (Lipinski definition) is 5. The molecule has 6 nitrogen and oxygen atoms in total. The Morgan fingerprint density at radius 2 is 1.56 bits per heavy atom. The number of esters is 1. The molecule has 0 fully saturated rings. The van der Waals surface area contributed by atoms with Crippen LogP contribution >= 0.6 is 11.8 Å². The van der Waals surface area contributed by atoms with Crippen LogP contribution in [0.1, 0.15) is 45.0 Å². The predicted molar refractivity (Wildman–Crippen MR) is 108 cm³/mol. The maximum absolute atomic E-state index is 12.7. The van der Waals surface area contributed by atoms with Gasteiger partial charge in [0.25, 0.3) is 5.91 Å². The Balaban J connectivity index is 2.88. The van der Waals surface area contributed by atoms with Crippen LogP contribution in [0.3, 0.4) is 0 Å². The molecular weight excluding hydrogens is 364 g/mol.